The summed E-state index contributed by atoms with van der Waals surface area (Å²) in [5, 5.41) is 0. The Bertz CT molecular complexity index is 56.5. The van der Waals surface area contributed by atoms with Gasteiger partial charge < -0.3 is 17.2 Å². The van der Waals surface area contributed by atoms with Gasteiger partial charge in [-0.15, -0.1) is 0 Å². The summed E-state index contributed by atoms with van der Waals surface area (Å²) in [6.45, 7) is 8.09. The molecule has 0 amide bonds. The molecule has 0 bridgehead atoms. The third-order valence-electron chi connectivity index (χ3n) is 1.47. The van der Waals surface area contributed by atoms with Gasteiger partial charge in [-0.1, -0.05) is 34.6 Å². The summed E-state index contributed by atoms with van der Waals surface area (Å²) in [5.74, 6) is 0.727. The van der Waals surface area contributed by atoms with E-state index in [0.29, 0.717) is 0 Å². The lowest BCUT2D eigenvalue weighted by atomic mass is 10.1. The van der Waals surface area contributed by atoms with Crippen molar-refractivity contribution in [1.29, 1.82) is 0 Å². The molecule has 0 aliphatic carbocycles. The fourth-order valence-electron chi connectivity index (χ4n) is 0.611. The second-order valence-corrected chi connectivity index (χ2v) is 2.92. The first-order valence-corrected chi connectivity index (χ1v) is 5.20. The molecule has 1 atom stereocenters. The summed E-state index contributed by atoms with van der Waals surface area (Å²) in [5.41, 5.74) is 14.9. The summed E-state index contributed by atoms with van der Waals surface area (Å²) in [6, 6.07) is 0. The largest absolute Gasteiger partial charge is 0.333 e. The maximum atomic E-state index is 5.36. The van der Waals surface area contributed by atoms with Crippen molar-refractivity contribution < 1.29 is 0 Å². The van der Waals surface area contributed by atoms with E-state index in [2.05, 4.69) is 26.5 Å². The van der Waals surface area contributed by atoms with Gasteiger partial charge in [-0.3, -0.25) is 0 Å². The number of hydrogen-bond acceptors (Lipinski definition) is 3. The molecule has 3 nitrogen and oxygen atoms in total. The van der Waals surface area contributed by atoms with Crippen LogP contribution in [0.3, 0.4) is 0 Å². The Hall–Kier alpha value is -0.120. The number of nitrogens with two attached hydrogens (primary N) is 3. The zero-order valence-corrected chi connectivity index (χ0v) is 9.84. The molecule has 0 heterocycles. The highest BCUT2D eigenvalue weighted by molar-refractivity contribution is 4.49. The number of rotatable bonds is 4. The molecule has 0 radical (unpaired) electrons. The summed E-state index contributed by atoms with van der Waals surface area (Å²) in [7, 11) is 1.50. The van der Waals surface area contributed by atoms with E-state index in [-0.39, 0.29) is 7.43 Å². The quantitative estimate of drug-likeness (QED) is 0.659. The van der Waals surface area contributed by atoms with Crippen LogP contribution in [0.4, 0.5) is 0 Å². The van der Waals surface area contributed by atoms with Crippen LogP contribution in [-0.2, 0) is 0 Å². The van der Waals surface area contributed by atoms with Gasteiger partial charge in [0.05, 0.1) is 0 Å². The molecule has 0 saturated carbocycles. The van der Waals surface area contributed by atoms with Crippen molar-refractivity contribution in [2.75, 3.05) is 20.1 Å². The molecule has 92 valence electrons. The van der Waals surface area contributed by atoms with Crippen molar-refractivity contribution in [1.82, 2.24) is 0 Å². The predicted octanol–water partition coefficient (Wildman–Crippen LogP) is 1.95. The lowest BCUT2D eigenvalue weighted by Gasteiger charge is -2.02. The van der Waals surface area contributed by atoms with Gasteiger partial charge in [0.1, 0.15) is 0 Å². The standard InChI is InChI=1S/C6H15N.C3H9N.CH5N.CH4/c1-3-4-6(2)5-7;1-2-3-4;1-2;/h6H,3-5,7H2,1-2H3;2-4H2,1H3;2H2,1H3;1H4. The van der Waals surface area contributed by atoms with Gasteiger partial charge in [0, 0.05) is 0 Å². The van der Waals surface area contributed by atoms with Gasteiger partial charge >= 0.3 is 0 Å². The Kier molecular flexibility index (Phi) is 49.3. The minimum Gasteiger partial charge on any atom is -0.333 e. The maximum Gasteiger partial charge on any atom is -0.00515 e. The Balaban J connectivity index is -0.0000000620. The van der Waals surface area contributed by atoms with Crippen molar-refractivity contribution in [3.8, 4) is 0 Å². The second kappa shape index (κ2) is 29.3. The smallest absolute Gasteiger partial charge is 0.00515 e. The van der Waals surface area contributed by atoms with E-state index in [9.17, 15) is 0 Å². The van der Waals surface area contributed by atoms with Crippen molar-refractivity contribution >= 4 is 0 Å². The minimum atomic E-state index is 0. The van der Waals surface area contributed by atoms with Crippen molar-refractivity contribution in [2.45, 2.75) is 47.5 Å². The molecule has 3 heteroatoms. The number of hydrogen-bond donors (Lipinski definition) is 3. The van der Waals surface area contributed by atoms with Gasteiger partial charge in [0.15, 0.2) is 0 Å². The van der Waals surface area contributed by atoms with Crippen molar-refractivity contribution in [2.24, 2.45) is 23.1 Å². The van der Waals surface area contributed by atoms with E-state index in [1.807, 2.05) is 0 Å². The highest BCUT2D eigenvalue weighted by Gasteiger charge is 1.92. The molecule has 6 N–H and O–H groups in total. The van der Waals surface area contributed by atoms with Gasteiger partial charge in [-0.05, 0) is 38.9 Å². The fraction of sp³-hybridized carbons (Fsp3) is 1.00. The first kappa shape index (κ1) is 23.6. The van der Waals surface area contributed by atoms with Crippen LogP contribution in [0, 0.1) is 5.92 Å². The molecule has 0 saturated heterocycles. The average molecular weight is 207 g/mol. The topological polar surface area (TPSA) is 78.1 Å². The van der Waals surface area contributed by atoms with Crippen LogP contribution in [0.1, 0.15) is 47.5 Å². The zero-order chi connectivity index (χ0) is 11.1. The van der Waals surface area contributed by atoms with Gasteiger partial charge in [0.25, 0.3) is 0 Å². The molecule has 0 spiro atoms. The summed E-state index contributed by atoms with van der Waals surface area (Å²) in [6.07, 6.45) is 3.63. The summed E-state index contributed by atoms with van der Waals surface area (Å²) < 4.78 is 0. The van der Waals surface area contributed by atoms with Crippen LogP contribution in [0.25, 0.3) is 0 Å². The third-order valence-corrected chi connectivity index (χ3v) is 1.47. The first-order valence-electron chi connectivity index (χ1n) is 5.20. The lowest BCUT2D eigenvalue weighted by molar-refractivity contribution is 0.536. The summed E-state index contributed by atoms with van der Waals surface area (Å²) in [4.78, 5) is 0. The van der Waals surface area contributed by atoms with E-state index in [1.165, 1.54) is 19.9 Å². The Morgan fingerprint density at radius 1 is 1.00 bits per heavy atom. The van der Waals surface area contributed by atoms with Crippen LogP contribution >= 0.6 is 0 Å². The molecule has 1 unspecified atom stereocenters. The highest BCUT2D eigenvalue weighted by Crippen LogP contribution is 2.00. The zero-order valence-electron chi connectivity index (χ0n) is 9.84. The minimum absolute atomic E-state index is 0. The Morgan fingerprint density at radius 2 is 1.36 bits per heavy atom. The average Bonchev–Trinajstić information content (AvgIpc) is 2.21. The second-order valence-electron chi connectivity index (χ2n) is 2.92. The molecule has 0 aromatic heterocycles. The van der Waals surface area contributed by atoms with Gasteiger partial charge in [0.2, 0.25) is 0 Å². The van der Waals surface area contributed by atoms with E-state index in [1.54, 1.807) is 0 Å². The molecule has 0 aromatic carbocycles. The van der Waals surface area contributed by atoms with Gasteiger partial charge in [-0.2, -0.15) is 0 Å². The van der Waals surface area contributed by atoms with Crippen LogP contribution < -0.4 is 17.2 Å². The van der Waals surface area contributed by atoms with Crippen molar-refractivity contribution in [3.63, 3.8) is 0 Å². The van der Waals surface area contributed by atoms with Gasteiger partial charge in [-0.25, -0.2) is 0 Å². The Morgan fingerprint density at radius 3 is 1.43 bits per heavy atom. The molecular weight excluding hydrogens is 174 g/mol. The molecule has 14 heavy (non-hydrogen) atoms. The van der Waals surface area contributed by atoms with Crippen molar-refractivity contribution in [3.05, 3.63) is 0 Å². The lowest BCUT2D eigenvalue weighted by Crippen LogP contribution is -2.09. The molecule has 0 fully saturated rings. The van der Waals surface area contributed by atoms with Crippen LogP contribution in [0.2, 0.25) is 0 Å². The van der Waals surface area contributed by atoms with Crippen LogP contribution in [-0.4, -0.2) is 20.1 Å². The predicted molar refractivity (Wildman–Crippen MR) is 69.3 cm³/mol. The molecule has 0 aromatic rings. The van der Waals surface area contributed by atoms with Crippen LogP contribution in [0.5, 0.6) is 0 Å². The van der Waals surface area contributed by atoms with Crippen LogP contribution in [0.15, 0.2) is 0 Å². The third kappa shape index (κ3) is 40.7. The monoisotopic (exact) mass is 207 g/mol. The van der Waals surface area contributed by atoms with E-state index >= 15 is 0 Å². The molecule has 0 aliphatic rings. The molecule has 0 aliphatic heterocycles. The summed E-state index contributed by atoms with van der Waals surface area (Å²) >= 11 is 0. The van der Waals surface area contributed by atoms with E-state index < -0.39 is 0 Å². The molecular formula is C11H33N3. The van der Waals surface area contributed by atoms with E-state index in [4.69, 9.17) is 11.5 Å². The highest BCUT2D eigenvalue weighted by atomic mass is 14.5. The SMILES string of the molecule is C.CCCC(C)CN.CCCN.CN. The maximum absolute atomic E-state index is 5.36. The Labute approximate surface area is 91.4 Å². The molecule has 0 rings (SSSR count). The fourth-order valence-corrected chi connectivity index (χ4v) is 0.611. The normalized spacial score (nSPS) is 9.64. The van der Waals surface area contributed by atoms with E-state index in [0.717, 1.165) is 25.4 Å². The first-order chi connectivity index (χ1) is 6.22.